The van der Waals surface area contributed by atoms with Crippen LogP contribution in [0, 0.1) is 18.3 Å². The van der Waals surface area contributed by atoms with E-state index in [4.69, 9.17) is 28.5 Å². The zero-order valence-corrected chi connectivity index (χ0v) is 15.0. The Morgan fingerprint density at radius 1 is 1.12 bits per heavy atom. The summed E-state index contributed by atoms with van der Waals surface area (Å²) < 4.78 is 1.88. The first-order valence-electron chi connectivity index (χ1n) is 7.64. The molecule has 3 rings (SSSR count). The maximum absolute atomic E-state index is 12.1. The molecule has 0 amide bonds. The van der Waals surface area contributed by atoms with E-state index < -0.39 is 0 Å². The van der Waals surface area contributed by atoms with Crippen molar-refractivity contribution in [1.29, 1.82) is 5.26 Å². The summed E-state index contributed by atoms with van der Waals surface area (Å²) in [6.07, 6.45) is 1.61. The number of pyridine rings is 1. The van der Waals surface area contributed by atoms with Crippen LogP contribution in [0.2, 0.25) is 10.0 Å². The molecule has 0 aliphatic carbocycles. The van der Waals surface area contributed by atoms with Crippen molar-refractivity contribution in [2.24, 2.45) is 0 Å². The van der Waals surface area contributed by atoms with Gasteiger partial charge in [0.1, 0.15) is 5.02 Å². The smallest absolute Gasteiger partial charge is 0.200 e. The lowest BCUT2D eigenvalue weighted by atomic mass is 10.1. The monoisotopic (exact) mass is 368 g/mol. The molecule has 124 valence electrons. The fourth-order valence-electron chi connectivity index (χ4n) is 2.69. The number of halogens is 2. The number of benzene rings is 2. The van der Waals surface area contributed by atoms with Crippen LogP contribution in [0.5, 0.6) is 0 Å². The molecule has 0 saturated heterocycles. The van der Waals surface area contributed by atoms with Gasteiger partial charge in [-0.2, -0.15) is 5.26 Å². The molecular formula is C20H14Cl2N2O. The summed E-state index contributed by atoms with van der Waals surface area (Å²) >= 11 is 12.5. The van der Waals surface area contributed by atoms with Crippen LogP contribution in [0.1, 0.15) is 16.7 Å². The third-order valence-corrected chi connectivity index (χ3v) is 4.74. The number of aromatic nitrogens is 1. The van der Waals surface area contributed by atoms with Crippen LogP contribution in [0.4, 0.5) is 0 Å². The summed E-state index contributed by atoms with van der Waals surface area (Å²) in [4.78, 5) is 12.1. The Balaban J connectivity index is 2.16. The van der Waals surface area contributed by atoms with E-state index in [0.717, 1.165) is 16.7 Å². The van der Waals surface area contributed by atoms with Crippen LogP contribution < -0.4 is 5.43 Å². The van der Waals surface area contributed by atoms with Gasteiger partial charge in [0.25, 0.3) is 0 Å². The highest BCUT2D eigenvalue weighted by Crippen LogP contribution is 2.30. The van der Waals surface area contributed by atoms with E-state index in [1.807, 2.05) is 47.9 Å². The number of rotatable bonds is 3. The summed E-state index contributed by atoms with van der Waals surface area (Å²) in [5.41, 5.74) is 3.65. The molecule has 0 N–H and O–H groups in total. The van der Waals surface area contributed by atoms with Gasteiger partial charge < -0.3 is 4.57 Å². The van der Waals surface area contributed by atoms with Crippen molar-refractivity contribution in [3.8, 4) is 17.3 Å². The van der Waals surface area contributed by atoms with Crippen LogP contribution >= 0.6 is 23.2 Å². The third-order valence-electron chi connectivity index (χ3n) is 3.96. The van der Waals surface area contributed by atoms with Gasteiger partial charge in [-0.1, -0.05) is 53.5 Å². The molecule has 3 nitrogen and oxygen atoms in total. The normalized spacial score (nSPS) is 10.5. The Morgan fingerprint density at radius 2 is 1.88 bits per heavy atom. The molecule has 0 aliphatic heterocycles. The number of hydrogen-bond acceptors (Lipinski definition) is 2. The minimum Gasteiger partial charge on any atom is -0.341 e. The van der Waals surface area contributed by atoms with Gasteiger partial charge in [0, 0.05) is 24.4 Å². The molecule has 2 aromatic carbocycles. The summed E-state index contributed by atoms with van der Waals surface area (Å²) in [5.74, 6) is 0. The van der Waals surface area contributed by atoms with E-state index >= 15 is 0 Å². The van der Waals surface area contributed by atoms with Crippen molar-refractivity contribution in [1.82, 2.24) is 4.57 Å². The summed E-state index contributed by atoms with van der Waals surface area (Å²) in [6, 6.07) is 16.6. The molecule has 3 aromatic rings. The van der Waals surface area contributed by atoms with Crippen molar-refractivity contribution in [3.05, 3.63) is 91.7 Å². The van der Waals surface area contributed by atoms with Gasteiger partial charge in [-0.25, -0.2) is 0 Å². The van der Waals surface area contributed by atoms with Crippen LogP contribution in [0.25, 0.3) is 11.3 Å². The average Bonchev–Trinajstić information content (AvgIpc) is 2.61. The van der Waals surface area contributed by atoms with Crippen LogP contribution in [-0.2, 0) is 6.54 Å². The fraction of sp³-hybridized carbons (Fsp3) is 0.100. The fourth-order valence-corrected chi connectivity index (χ4v) is 3.09. The van der Waals surface area contributed by atoms with E-state index in [1.54, 1.807) is 12.3 Å². The van der Waals surface area contributed by atoms with Gasteiger partial charge in [-0.15, -0.1) is 0 Å². The highest BCUT2D eigenvalue weighted by atomic mass is 35.5. The van der Waals surface area contributed by atoms with E-state index in [1.165, 1.54) is 6.07 Å². The molecule has 25 heavy (non-hydrogen) atoms. The third kappa shape index (κ3) is 3.61. The lowest BCUT2D eigenvalue weighted by Crippen LogP contribution is -2.11. The average molecular weight is 369 g/mol. The second-order valence-electron chi connectivity index (χ2n) is 5.75. The molecule has 0 bridgehead atoms. The van der Waals surface area contributed by atoms with Gasteiger partial charge in [0.2, 0.25) is 5.43 Å². The van der Waals surface area contributed by atoms with Gasteiger partial charge in [0.15, 0.2) is 0 Å². The summed E-state index contributed by atoms with van der Waals surface area (Å²) in [7, 11) is 0. The molecule has 0 atom stereocenters. The SMILES string of the molecule is Cc1cccc(-c2cc(=O)c(Cl)cn2Cc2cccc(C#N)c2)c1Cl. The van der Waals surface area contributed by atoms with E-state index in [0.29, 0.717) is 22.8 Å². The first-order valence-corrected chi connectivity index (χ1v) is 8.39. The van der Waals surface area contributed by atoms with Crippen molar-refractivity contribution in [2.75, 3.05) is 0 Å². The number of aryl methyl sites for hydroxylation is 1. The lowest BCUT2D eigenvalue weighted by molar-refractivity contribution is 0.797. The second kappa shape index (κ2) is 7.14. The lowest BCUT2D eigenvalue weighted by Gasteiger charge is -2.16. The van der Waals surface area contributed by atoms with Gasteiger partial charge >= 0.3 is 0 Å². The van der Waals surface area contributed by atoms with Crippen molar-refractivity contribution >= 4 is 23.2 Å². The Hall–Kier alpha value is -2.54. The van der Waals surface area contributed by atoms with Crippen LogP contribution in [0.15, 0.2) is 59.5 Å². The number of nitriles is 1. The molecular weight excluding hydrogens is 355 g/mol. The largest absolute Gasteiger partial charge is 0.341 e. The Kier molecular flexibility index (Phi) is 4.94. The van der Waals surface area contributed by atoms with Crippen LogP contribution in [-0.4, -0.2) is 4.57 Å². The first-order chi connectivity index (χ1) is 12.0. The van der Waals surface area contributed by atoms with Crippen molar-refractivity contribution in [2.45, 2.75) is 13.5 Å². The van der Waals surface area contributed by atoms with Crippen molar-refractivity contribution < 1.29 is 0 Å². The molecule has 0 saturated carbocycles. The second-order valence-corrected chi connectivity index (χ2v) is 6.53. The minimum absolute atomic E-state index is 0.143. The van der Waals surface area contributed by atoms with Gasteiger partial charge in [0.05, 0.1) is 22.3 Å². The molecule has 5 heteroatoms. The van der Waals surface area contributed by atoms with E-state index in [-0.39, 0.29) is 10.5 Å². The van der Waals surface area contributed by atoms with Crippen LogP contribution in [0.3, 0.4) is 0 Å². The van der Waals surface area contributed by atoms with Gasteiger partial charge in [-0.3, -0.25) is 4.79 Å². The van der Waals surface area contributed by atoms with E-state index in [2.05, 4.69) is 6.07 Å². The molecule has 1 aromatic heterocycles. The molecule has 0 aliphatic rings. The quantitative estimate of drug-likeness (QED) is 0.649. The Labute approximate surface area is 155 Å². The standard InChI is InChI=1S/C20H14Cl2N2O/c1-13-4-2-7-16(20(13)22)18-9-19(25)17(21)12-24(18)11-15-6-3-5-14(8-15)10-23/h2-9,12H,11H2,1H3. The highest BCUT2D eigenvalue weighted by Gasteiger charge is 2.12. The zero-order chi connectivity index (χ0) is 18.0. The maximum atomic E-state index is 12.1. The maximum Gasteiger partial charge on any atom is 0.200 e. The molecule has 0 unspecified atom stereocenters. The zero-order valence-electron chi connectivity index (χ0n) is 13.5. The van der Waals surface area contributed by atoms with Gasteiger partial charge in [-0.05, 0) is 30.2 Å². The molecule has 0 fully saturated rings. The predicted octanol–water partition coefficient (Wildman–Crippen LogP) is 5.05. The molecule has 1 heterocycles. The Bertz CT molecular complexity index is 1050. The van der Waals surface area contributed by atoms with E-state index in [9.17, 15) is 4.79 Å². The molecule has 0 radical (unpaired) electrons. The van der Waals surface area contributed by atoms with Crippen molar-refractivity contribution in [3.63, 3.8) is 0 Å². The minimum atomic E-state index is -0.253. The highest BCUT2D eigenvalue weighted by molar-refractivity contribution is 6.34. The number of hydrogen-bond donors (Lipinski definition) is 0. The molecule has 0 spiro atoms. The number of nitrogens with zero attached hydrogens (tertiary/aromatic N) is 2. The summed E-state index contributed by atoms with van der Waals surface area (Å²) in [5, 5.41) is 9.81. The Morgan fingerprint density at radius 3 is 2.64 bits per heavy atom. The topological polar surface area (TPSA) is 45.8 Å². The first kappa shape index (κ1) is 17.3. The predicted molar refractivity (Wildman–Crippen MR) is 101 cm³/mol. The summed E-state index contributed by atoms with van der Waals surface area (Å²) in [6.45, 7) is 2.38.